The van der Waals surface area contributed by atoms with Crippen molar-refractivity contribution in [1.82, 2.24) is 5.32 Å². The highest BCUT2D eigenvalue weighted by molar-refractivity contribution is 5.68. The second-order valence-corrected chi connectivity index (χ2v) is 4.27. The van der Waals surface area contributed by atoms with Gasteiger partial charge in [-0.3, -0.25) is 4.79 Å². The predicted molar refractivity (Wildman–Crippen MR) is 57.9 cm³/mol. The maximum absolute atomic E-state index is 10.6. The third-order valence-electron chi connectivity index (χ3n) is 2.77. The van der Waals surface area contributed by atoms with Crippen LogP contribution >= 0.6 is 0 Å². The summed E-state index contributed by atoms with van der Waals surface area (Å²) in [5, 5.41) is 11.8. The maximum Gasteiger partial charge on any atom is 0.306 e. The lowest BCUT2D eigenvalue weighted by atomic mass is 9.93. The molecule has 0 radical (unpaired) electrons. The van der Waals surface area contributed by atoms with Crippen LogP contribution in [0.5, 0.6) is 0 Å². The van der Waals surface area contributed by atoms with Gasteiger partial charge in [0, 0.05) is 19.7 Å². The average Bonchev–Trinajstić information content (AvgIpc) is 2.12. The molecule has 0 spiro atoms. The molecule has 1 aliphatic heterocycles. The number of unbranched alkanes of at least 4 members (excludes halogenated alkanes) is 3. The van der Waals surface area contributed by atoms with Crippen LogP contribution in [0.3, 0.4) is 0 Å². The minimum Gasteiger partial charge on any atom is -0.481 e. The fourth-order valence-corrected chi connectivity index (χ4v) is 1.78. The van der Waals surface area contributed by atoms with Crippen LogP contribution in [0, 0.1) is 0 Å². The van der Waals surface area contributed by atoms with Gasteiger partial charge in [0.25, 0.3) is 0 Å². The highest BCUT2D eigenvalue weighted by Crippen LogP contribution is 2.21. The lowest BCUT2D eigenvalue weighted by Crippen LogP contribution is -2.62. The van der Waals surface area contributed by atoms with Crippen molar-refractivity contribution in [2.24, 2.45) is 0 Å². The predicted octanol–water partition coefficient (Wildman–Crippen LogP) is 1.40. The van der Waals surface area contributed by atoms with Gasteiger partial charge in [0.1, 0.15) is 5.60 Å². The van der Waals surface area contributed by atoms with Gasteiger partial charge in [-0.2, -0.15) is 0 Å². The fraction of sp³-hybridized carbons (Fsp3) is 0.909. The summed E-state index contributed by atoms with van der Waals surface area (Å²) in [5.41, 5.74) is -0.419. The summed E-state index contributed by atoms with van der Waals surface area (Å²) >= 11 is 0. The summed E-state index contributed by atoms with van der Waals surface area (Å²) in [7, 11) is 0. The van der Waals surface area contributed by atoms with E-state index in [9.17, 15) is 4.79 Å². The largest absolute Gasteiger partial charge is 0.481 e. The number of carbonyl (C=O) groups is 1. The second-order valence-electron chi connectivity index (χ2n) is 4.27. The summed E-state index contributed by atoms with van der Waals surface area (Å²) in [6.07, 6.45) is 4.77. The van der Waals surface area contributed by atoms with Crippen molar-refractivity contribution < 1.29 is 14.6 Å². The fourth-order valence-electron chi connectivity index (χ4n) is 1.78. The number of hydrogen-bond acceptors (Lipinski definition) is 3. The molecule has 0 aromatic heterocycles. The van der Waals surface area contributed by atoms with E-state index in [-0.39, 0.29) is 6.42 Å². The van der Waals surface area contributed by atoms with E-state index in [2.05, 4.69) is 12.2 Å². The van der Waals surface area contributed by atoms with Gasteiger partial charge in [-0.15, -0.1) is 0 Å². The Hall–Kier alpha value is -0.610. The molecule has 15 heavy (non-hydrogen) atoms. The molecule has 0 atom stereocenters. The van der Waals surface area contributed by atoms with Crippen LogP contribution in [-0.2, 0) is 9.53 Å². The molecule has 1 aliphatic rings. The first kappa shape index (κ1) is 12.5. The molecule has 4 heteroatoms. The first-order valence-corrected chi connectivity index (χ1v) is 5.75. The number of nitrogens with one attached hydrogen (secondary N) is 1. The number of aliphatic carboxylic acids is 1. The summed E-state index contributed by atoms with van der Waals surface area (Å²) in [4.78, 5) is 10.6. The zero-order valence-electron chi connectivity index (χ0n) is 9.42. The first-order valence-electron chi connectivity index (χ1n) is 5.75. The number of rotatable bonds is 8. The Balaban J connectivity index is 2.13. The minimum atomic E-state index is -0.773. The number of carboxylic acid groups (broad SMARTS) is 1. The Bertz CT molecular complexity index is 202. The van der Waals surface area contributed by atoms with Gasteiger partial charge in [0.05, 0.1) is 6.42 Å². The number of hydrogen-bond donors (Lipinski definition) is 2. The molecule has 2 N–H and O–H groups in total. The molecule has 4 nitrogen and oxygen atoms in total. The van der Waals surface area contributed by atoms with Gasteiger partial charge in [0.15, 0.2) is 0 Å². The molecule has 0 amide bonds. The topological polar surface area (TPSA) is 58.6 Å². The highest BCUT2D eigenvalue weighted by Gasteiger charge is 2.39. The van der Waals surface area contributed by atoms with Crippen molar-refractivity contribution in [1.29, 1.82) is 0 Å². The molecule has 0 aromatic carbocycles. The number of carboxylic acids is 1. The minimum absolute atomic E-state index is 0.119. The molecule has 0 unspecified atom stereocenters. The van der Waals surface area contributed by atoms with Crippen molar-refractivity contribution in [3.8, 4) is 0 Å². The van der Waals surface area contributed by atoms with E-state index < -0.39 is 11.6 Å². The molecule has 88 valence electrons. The van der Waals surface area contributed by atoms with E-state index in [1.165, 1.54) is 19.3 Å². The molecule has 1 saturated heterocycles. The van der Waals surface area contributed by atoms with Crippen LogP contribution in [0.2, 0.25) is 0 Å². The molecular formula is C11H21NO3. The van der Waals surface area contributed by atoms with Crippen molar-refractivity contribution in [3.63, 3.8) is 0 Å². The van der Waals surface area contributed by atoms with E-state index in [0.29, 0.717) is 19.7 Å². The Morgan fingerprint density at radius 3 is 2.60 bits per heavy atom. The van der Waals surface area contributed by atoms with E-state index in [0.717, 1.165) is 6.42 Å². The van der Waals surface area contributed by atoms with Crippen LogP contribution in [0.1, 0.15) is 39.0 Å². The molecule has 0 aliphatic carbocycles. The average molecular weight is 215 g/mol. The summed E-state index contributed by atoms with van der Waals surface area (Å²) in [6, 6.07) is 0. The highest BCUT2D eigenvalue weighted by atomic mass is 16.5. The standard InChI is InChI=1S/C11H21NO3/c1-2-3-4-5-6-15-11(7-10(13)14)8-12-9-11/h12H,2-9H2,1H3,(H,13,14). The van der Waals surface area contributed by atoms with E-state index >= 15 is 0 Å². The van der Waals surface area contributed by atoms with Gasteiger partial charge in [-0.05, 0) is 6.42 Å². The third kappa shape index (κ3) is 4.18. The molecule has 1 rings (SSSR count). The maximum atomic E-state index is 10.6. The number of ether oxygens (including phenoxy) is 1. The van der Waals surface area contributed by atoms with E-state index in [4.69, 9.17) is 9.84 Å². The van der Waals surface area contributed by atoms with Gasteiger partial charge < -0.3 is 15.2 Å². The van der Waals surface area contributed by atoms with Crippen LogP contribution in [0.25, 0.3) is 0 Å². The Labute approximate surface area is 91.0 Å². The summed E-state index contributed by atoms with van der Waals surface area (Å²) in [6.45, 7) is 4.21. The normalized spacial score (nSPS) is 18.5. The smallest absolute Gasteiger partial charge is 0.306 e. The van der Waals surface area contributed by atoms with Crippen molar-refractivity contribution in [2.45, 2.75) is 44.6 Å². The second kappa shape index (κ2) is 6.08. The van der Waals surface area contributed by atoms with Gasteiger partial charge in [-0.25, -0.2) is 0 Å². The van der Waals surface area contributed by atoms with Crippen molar-refractivity contribution in [3.05, 3.63) is 0 Å². The lowest BCUT2D eigenvalue weighted by molar-refractivity contribution is -0.150. The SMILES string of the molecule is CCCCCCOC1(CC(=O)O)CNC1. The van der Waals surface area contributed by atoms with Gasteiger partial charge >= 0.3 is 5.97 Å². The van der Waals surface area contributed by atoms with Crippen LogP contribution in [-0.4, -0.2) is 36.4 Å². The Morgan fingerprint density at radius 2 is 2.13 bits per heavy atom. The van der Waals surface area contributed by atoms with Crippen molar-refractivity contribution in [2.75, 3.05) is 19.7 Å². The van der Waals surface area contributed by atoms with Crippen LogP contribution in [0.4, 0.5) is 0 Å². The summed E-state index contributed by atoms with van der Waals surface area (Å²) in [5.74, 6) is -0.773. The summed E-state index contributed by atoms with van der Waals surface area (Å²) < 4.78 is 5.68. The molecule has 0 aromatic rings. The quantitative estimate of drug-likeness (QED) is 0.601. The van der Waals surface area contributed by atoms with E-state index in [1.807, 2.05) is 0 Å². The Kier molecular flexibility index (Phi) is 5.05. The van der Waals surface area contributed by atoms with E-state index in [1.54, 1.807) is 0 Å². The molecule has 0 saturated carbocycles. The van der Waals surface area contributed by atoms with Crippen LogP contribution in [0.15, 0.2) is 0 Å². The van der Waals surface area contributed by atoms with Crippen molar-refractivity contribution >= 4 is 5.97 Å². The molecule has 0 bridgehead atoms. The molecule has 1 fully saturated rings. The third-order valence-corrected chi connectivity index (χ3v) is 2.77. The molecule has 1 heterocycles. The van der Waals surface area contributed by atoms with Gasteiger partial charge in [0.2, 0.25) is 0 Å². The lowest BCUT2D eigenvalue weighted by Gasteiger charge is -2.41. The van der Waals surface area contributed by atoms with Crippen LogP contribution < -0.4 is 5.32 Å². The molecular weight excluding hydrogens is 194 g/mol. The zero-order valence-corrected chi connectivity index (χ0v) is 9.42. The first-order chi connectivity index (χ1) is 7.18. The zero-order chi connectivity index (χ0) is 11.1. The van der Waals surface area contributed by atoms with Gasteiger partial charge in [-0.1, -0.05) is 26.2 Å². The monoisotopic (exact) mass is 215 g/mol. The Morgan fingerprint density at radius 1 is 1.40 bits per heavy atom.